The van der Waals surface area contributed by atoms with Crippen LogP contribution in [0.2, 0.25) is 0 Å². The molecular weight excluding hydrogens is 333 g/mol. The van der Waals surface area contributed by atoms with Crippen molar-refractivity contribution in [1.29, 1.82) is 0 Å². The van der Waals surface area contributed by atoms with Gasteiger partial charge in [-0.15, -0.1) is 11.3 Å². The van der Waals surface area contributed by atoms with Crippen LogP contribution in [0, 0.1) is 12.7 Å². The third-order valence-corrected chi connectivity index (χ3v) is 5.71. The predicted octanol–water partition coefficient (Wildman–Crippen LogP) is 4.98. The van der Waals surface area contributed by atoms with E-state index in [1.807, 2.05) is 36.1 Å². The second kappa shape index (κ2) is 6.45. The number of carbonyl (C=O) groups excluding carboxylic acids is 1. The molecule has 4 heteroatoms. The molecule has 1 aliphatic heterocycles. The third kappa shape index (κ3) is 2.98. The van der Waals surface area contributed by atoms with E-state index in [4.69, 9.17) is 0 Å². The molecule has 2 aromatic carbocycles. The van der Waals surface area contributed by atoms with Crippen LogP contribution in [-0.4, -0.2) is 17.4 Å². The van der Waals surface area contributed by atoms with Gasteiger partial charge in [0.2, 0.25) is 0 Å². The Hall–Kier alpha value is -2.46. The quantitative estimate of drug-likeness (QED) is 0.637. The number of rotatable bonds is 2. The van der Waals surface area contributed by atoms with Crippen LogP contribution < -0.4 is 0 Å². The smallest absolute Gasteiger partial charge is 0.254 e. The fourth-order valence-electron chi connectivity index (χ4n) is 3.40. The molecule has 0 aliphatic carbocycles. The summed E-state index contributed by atoms with van der Waals surface area (Å²) < 4.78 is 13.4. The molecule has 0 spiro atoms. The first-order valence-corrected chi connectivity index (χ1v) is 9.21. The van der Waals surface area contributed by atoms with Gasteiger partial charge in [-0.3, -0.25) is 4.79 Å². The molecule has 0 radical (unpaired) electrons. The largest absolute Gasteiger partial charge is 0.327 e. The molecule has 3 aromatic rings. The Labute approximate surface area is 150 Å². The molecule has 0 fully saturated rings. The molecule has 126 valence electrons. The van der Waals surface area contributed by atoms with E-state index in [1.165, 1.54) is 17.0 Å². The minimum Gasteiger partial charge on any atom is -0.327 e. The Morgan fingerprint density at radius 2 is 1.80 bits per heavy atom. The number of nitrogens with zero attached hydrogens (tertiary/aromatic N) is 1. The molecule has 0 bridgehead atoms. The van der Waals surface area contributed by atoms with Crippen molar-refractivity contribution in [1.82, 2.24) is 4.90 Å². The summed E-state index contributed by atoms with van der Waals surface area (Å²) in [5.41, 5.74) is 3.92. The molecule has 0 unspecified atom stereocenters. The van der Waals surface area contributed by atoms with Gasteiger partial charge in [-0.05, 0) is 60.2 Å². The first kappa shape index (κ1) is 16.0. The maximum Gasteiger partial charge on any atom is 0.254 e. The van der Waals surface area contributed by atoms with Gasteiger partial charge < -0.3 is 4.90 Å². The Morgan fingerprint density at radius 3 is 2.52 bits per heavy atom. The minimum atomic E-state index is -0.262. The summed E-state index contributed by atoms with van der Waals surface area (Å²) >= 11 is 1.73. The summed E-state index contributed by atoms with van der Waals surface area (Å²) in [6.07, 6.45) is 0.863. The predicted molar refractivity (Wildman–Crippen MR) is 98.5 cm³/mol. The number of fused-ring (bicyclic) bond motifs is 1. The molecule has 2 heterocycles. The average molecular weight is 351 g/mol. The molecule has 1 aliphatic rings. The van der Waals surface area contributed by atoms with E-state index < -0.39 is 0 Å². The van der Waals surface area contributed by atoms with Crippen molar-refractivity contribution in [2.75, 3.05) is 6.54 Å². The number of hydrogen-bond acceptors (Lipinski definition) is 2. The number of benzene rings is 2. The lowest BCUT2D eigenvalue weighted by molar-refractivity contribution is 0.0696. The van der Waals surface area contributed by atoms with Crippen LogP contribution in [-0.2, 0) is 6.42 Å². The highest BCUT2D eigenvalue weighted by molar-refractivity contribution is 7.10. The monoisotopic (exact) mass is 351 g/mol. The normalized spacial score (nSPS) is 16.6. The topological polar surface area (TPSA) is 20.3 Å². The molecule has 1 amide bonds. The molecule has 4 rings (SSSR count). The highest BCUT2D eigenvalue weighted by Crippen LogP contribution is 2.38. The molecule has 25 heavy (non-hydrogen) atoms. The van der Waals surface area contributed by atoms with Gasteiger partial charge in [-0.1, -0.05) is 29.8 Å². The molecule has 0 saturated heterocycles. The van der Waals surface area contributed by atoms with E-state index in [9.17, 15) is 9.18 Å². The summed E-state index contributed by atoms with van der Waals surface area (Å²) in [6, 6.07) is 16.1. The van der Waals surface area contributed by atoms with Crippen LogP contribution in [0.1, 0.15) is 38.0 Å². The van der Waals surface area contributed by atoms with Crippen molar-refractivity contribution in [2.24, 2.45) is 0 Å². The molecule has 0 N–H and O–H groups in total. The highest BCUT2D eigenvalue weighted by atomic mass is 32.1. The van der Waals surface area contributed by atoms with Crippen LogP contribution in [0.25, 0.3) is 0 Å². The van der Waals surface area contributed by atoms with Gasteiger partial charge in [0, 0.05) is 17.0 Å². The van der Waals surface area contributed by atoms with Gasteiger partial charge in [-0.2, -0.15) is 0 Å². The fraction of sp³-hybridized carbons (Fsp3) is 0.190. The summed E-state index contributed by atoms with van der Waals surface area (Å²) in [5, 5.41) is 2.07. The number of amides is 1. The number of carbonyl (C=O) groups is 1. The maximum absolute atomic E-state index is 13.4. The van der Waals surface area contributed by atoms with E-state index in [0.29, 0.717) is 12.1 Å². The molecule has 1 atom stereocenters. The Balaban J connectivity index is 1.76. The van der Waals surface area contributed by atoms with E-state index in [0.717, 1.165) is 23.1 Å². The van der Waals surface area contributed by atoms with Crippen molar-refractivity contribution in [3.8, 4) is 0 Å². The van der Waals surface area contributed by atoms with E-state index in [1.54, 1.807) is 23.5 Å². The lowest BCUT2D eigenvalue weighted by atomic mass is 9.92. The minimum absolute atomic E-state index is 0.0196. The number of hydrogen-bond donors (Lipinski definition) is 0. The van der Waals surface area contributed by atoms with E-state index >= 15 is 0 Å². The summed E-state index contributed by atoms with van der Waals surface area (Å²) in [6.45, 7) is 2.68. The van der Waals surface area contributed by atoms with Crippen molar-refractivity contribution < 1.29 is 9.18 Å². The number of thiophene rings is 1. The zero-order valence-electron chi connectivity index (χ0n) is 13.9. The van der Waals surface area contributed by atoms with Crippen molar-refractivity contribution >= 4 is 17.2 Å². The van der Waals surface area contributed by atoms with Crippen LogP contribution in [0.5, 0.6) is 0 Å². The molecule has 2 nitrogen and oxygen atoms in total. The standard InChI is InChI=1S/C21H18FNOS/c1-14-2-4-16(5-3-14)21(24)23-12-10-19-18(11-13-25-19)20(23)15-6-8-17(22)9-7-15/h2-9,11,13,20H,10,12H2,1H3/t20-/m1/s1. The van der Waals surface area contributed by atoms with Crippen molar-refractivity contribution in [3.05, 3.63) is 92.9 Å². The van der Waals surface area contributed by atoms with Crippen LogP contribution in [0.15, 0.2) is 60.0 Å². The Kier molecular flexibility index (Phi) is 4.14. The van der Waals surface area contributed by atoms with Gasteiger partial charge in [0.1, 0.15) is 5.82 Å². The van der Waals surface area contributed by atoms with Crippen LogP contribution in [0.4, 0.5) is 4.39 Å². The maximum atomic E-state index is 13.4. The van der Waals surface area contributed by atoms with Gasteiger partial charge in [0.15, 0.2) is 0 Å². The zero-order chi connectivity index (χ0) is 17.4. The number of aryl methyl sites for hydroxylation is 1. The van der Waals surface area contributed by atoms with E-state index in [2.05, 4.69) is 11.4 Å². The number of halogens is 1. The SMILES string of the molecule is Cc1ccc(C(=O)N2CCc3sccc3[C@H]2c2ccc(F)cc2)cc1. The second-order valence-corrected chi connectivity index (χ2v) is 7.37. The average Bonchev–Trinajstić information content (AvgIpc) is 3.10. The Morgan fingerprint density at radius 1 is 1.08 bits per heavy atom. The van der Waals surface area contributed by atoms with Crippen LogP contribution in [0.3, 0.4) is 0 Å². The molecule has 1 aromatic heterocycles. The lowest BCUT2D eigenvalue weighted by Crippen LogP contribution is -2.40. The lowest BCUT2D eigenvalue weighted by Gasteiger charge is -2.36. The second-order valence-electron chi connectivity index (χ2n) is 6.37. The van der Waals surface area contributed by atoms with Gasteiger partial charge >= 0.3 is 0 Å². The van der Waals surface area contributed by atoms with Crippen molar-refractivity contribution in [3.63, 3.8) is 0 Å². The summed E-state index contributed by atoms with van der Waals surface area (Å²) in [7, 11) is 0. The van der Waals surface area contributed by atoms with E-state index in [-0.39, 0.29) is 17.8 Å². The summed E-state index contributed by atoms with van der Waals surface area (Å²) in [5.74, 6) is -0.243. The highest BCUT2D eigenvalue weighted by Gasteiger charge is 2.33. The fourth-order valence-corrected chi connectivity index (χ4v) is 4.31. The molecule has 0 saturated carbocycles. The Bertz CT molecular complexity index is 898. The van der Waals surface area contributed by atoms with Crippen LogP contribution >= 0.6 is 11.3 Å². The summed E-state index contributed by atoms with van der Waals surface area (Å²) in [4.78, 5) is 16.4. The van der Waals surface area contributed by atoms with Gasteiger partial charge in [0.05, 0.1) is 6.04 Å². The third-order valence-electron chi connectivity index (χ3n) is 4.71. The zero-order valence-corrected chi connectivity index (χ0v) is 14.7. The first-order valence-electron chi connectivity index (χ1n) is 8.33. The van der Waals surface area contributed by atoms with Gasteiger partial charge in [-0.25, -0.2) is 4.39 Å². The van der Waals surface area contributed by atoms with Gasteiger partial charge in [0.25, 0.3) is 5.91 Å². The molecular formula is C21H18FNOS. The first-order chi connectivity index (χ1) is 12.1. The van der Waals surface area contributed by atoms with Crippen molar-refractivity contribution in [2.45, 2.75) is 19.4 Å².